The molecule has 0 aromatic heterocycles. The van der Waals surface area contributed by atoms with Crippen LogP contribution in [0, 0.1) is 11.6 Å². The van der Waals surface area contributed by atoms with E-state index in [1.807, 2.05) is 0 Å². The zero-order valence-corrected chi connectivity index (χ0v) is 8.25. The van der Waals surface area contributed by atoms with Gasteiger partial charge in [-0.05, 0) is 19.1 Å². The summed E-state index contributed by atoms with van der Waals surface area (Å²) in [7, 11) is 1.08. The number of carbonyl (C=O) groups is 1. The van der Waals surface area contributed by atoms with Crippen LogP contribution in [-0.2, 0) is 15.1 Å². The number of carboxylic acids is 1. The molecule has 15 heavy (non-hydrogen) atoms. The molecule has 1 unspecified atom stereocenters. The van der Waals surface area contributed by atoms with Gasteiger partial charge < -0.3 is 9.84 Å². The van der Waals surface area contributed by atoms with Crippen LogP contribution in [0.5, 0.6) is 0 Å². The highest BCUT2D eigenvalue weighted by atomic mass is 19.1. The van der Waals surface area contributed by atoms with Gasteiger partial charge in [0.15, 0.2) is 5.60 Å². The van der Waals surface area contributed by atoms with E-state index in [9.17, 15) is 13.6 Å². The first kappa shape index (κ1) is 11.6. The van der Waals surface area contributed by atoms with Gasteiger partial charge in [-0.2, -0.15) is 0 Å². The standard InChI is InChI=1S/C10H10F2O3/c1-10(15-2,9(13)14)8-6(11)4-3-5-7(8)12/h3-5H,1-2H3,(H,13,14). The third kappa shape index (κ3) is 1.83. The zero-order valence-electron chi connectivity index (χ0n) is 8.25. The Kier molecular flexibility index (Phi) is 3.04. The first-order valence-corrected chi connectivity index (χ1v) is 4.16. The molecule has 0 saturated carbocycles. The monoisotopic (exact) mass is 216 g/mol. The van der Waals surface area contributed by atoms with Crippen molar-refractivity contribution in [3.8, 4) is 0 Å². The molecule has 5 heteroatoms. The van der Waals surface area contributed by atoms with E-state index in [2.05, 4.69) is 4.74 Å². The number of rotatable bonds is 3. The summed E-state index contributed by atoms with van der Waals surface area (Å²) in [4.78, 5) is 10.9. The van der Waals surface area contributed by atoms with Gasteiger partial charge in [-0.15, -0.1) is 0 Å². The topological polar surface area (TPSA) is 46.5 Å². The summed E-state index contributed by atoms with van der Waals surface area (Å²) in [6.07, 6.45) is 0. The molecule has 1 aromatic rings. The Hall–Kier alpha value is -1.49. The molecular weight excluding hydrogens is 206 g/mol. The second kappa shape index (κ2) is 3.94. The van der Waals surface area contributed by atoms with E-state index in [0.717, 1.165) is 32.2 Å². The van der Waals surface area contributed by atoms with Crippen LogP contribution in [0.2, 0.25) is 0 Å². The molecule has 3 nitrogen and oxygen atoms in total. The highest BCUT2D eigenvalue weighted by molar-refractivity contribution is 5.79. The van der Waals surface area contributed by atoms with Gasteiger partial charge in [-0.1, -0.05) is 6.07 Å². The maximum Gasteiger partial charge on any atom is 0.340 e. The molecule has 1 rings (SSSR count). The first-order chi connectivity index (χ1) is 6.93. The van der Waals surface area contributed by atoms with Gasteiger partial charge in [0, 0.05) is 7.11 Å². The zero-order chi connectivity index (χ0) is 11.6. The third-order valence-corrected chi connectivity index (χ3v) is 2.26. The number of benzene rings is 1. The van der Waals surface area contributed by atoms with Crippen LogP contribution in [0.25, 0.3) is 0 Å². The van der Waals surface area contributed by atoms with Crippen LogP contribution in [0.4, 0.5) is 8.78 Å². The van der Waals surface area contributed by atoms with Crippen molar-refractivity contribution in [2.24, 2.45) is 0 Å². The van der Waals surface area contributed by atoms with Crippen molar-refractivity contribution in [1.29, 1.82) is 0 Å². The summed E-state index contributed by atoms with van der Waals surface area (Å²) >= 11 is 0. The van der Waals surface area contributed by atoms with Crippen LogP contribution in [0.15, 0.2) is 18.2 Å². The summed E-state index contributed by atoms with van der Waals surface area (Å²) < 4.78 is 31.3. The van der Waals surface area contributed by atoms with Crippen molar-refractivity contribution >= 4 is 5.97 Å². The van der Waals surface area contributed by atoms with Gasteiger partial charge in [0.1, 0.15) is 11.6 Å². The van der Waals surface area contributed by atoms with Crippen molar-refractivity contribution in [2.45, 2.75) is 12.5 Å². The molecule has 0 bridgehead atoms. The summed E-state index contributed by atoms with van der Waals surface area (Å²) in [5.41, 5.74) is -2.62. The molecule has 82 valence electrons. The Morgan fingerprint density at radius 3 is 2.20 bits per heavy atom. The normalized spacial score (nSPS) is 14.7. The SMILES string of the molecule is COC(C)(C(=O)O)c1c(F)cccc1F. The fourth-order valence-corrected chi connectivity index (χ4v) is 1.25. The van der Waals surface area contributed by atoms with Crippen LogP contribution in [0.1, 0.15) is 12.5 Å². The fraction of sp³-hybridized carbons (Fsp3) is 0.300. The average Bonchev–Trinajstić information content (AvgIpc) is 2.16. The summed E-state index contributed by atoms with van der Waals surface area (Å²) in [5, 5.41) is 8.88. The maximum absolute atomic E-state index is 13.3. The minimum atomic E-state index is -2.02. The number of hydrogen-bond donors (Lipinski definition) is 1. The highest BCUT2D eigenvalue weighted by Gasteiger charge is 2.40. The quantitative estimate of drug-likeness (QED) is 0.839. The lowest BCUT2D eigenvalue weighted by Crippen LogP contribution is -2.36. The van der Waals surface area contributed by atoms with Gasteiger partial charge in [0.25, 0.3) is 0 Å². The molecule has 1 atom stereocenters. The molecule has 0 spiro atoms. The third-order valence-electron chi connectivity index (χ3n) is 2.26. The van der Waals surface area contributed by atoms with E-state index >= 15 is 0 Å². The first-order valence-electron chi connectivity index (χ1n) is 4.16. The van der Waals surface area contributed by atoms with Crippen molar-refractivity contribution in [1.82, 2.24) is 0 Å². The van der Waals surface area contributed by atoms with E-state index < -0.39 is 28.8 Å². The largest absolute Gasteiger partial charge is 0.479 e. The number of hydrogen-bond acceptors (Lipinski definition) is 2. The van der Waals surface area contributed by atoms with E-state index in [1.165, 1.54) is 0 Å². The van der Waals surface area contributed by atoms with Crippen molar-refractivity contribution < 1.29 is 23.4 Å². The lowest BCUT2D eigenvalue weighted by Gasteiger charge is -2.24. The van der Waals surface area contributed by atoms with Gasteiger partial charge in [-0.3, -0.25) is 0 Å². The van der Waals surface area contributed by atoms with Crippen molar-refractivity contribution in [3.63, 3.8) is 0 Å². The summed E-state index contributed by atoms with van der Waals surface area (Å²) in [5.74, 6) is -3.34. The number of methoxy groups -OCH3 is 1. The molecule has 0 amide bonds. The number of ether oxygens (including phenoxy) is 1. The van der Waals surface area contributed by atoms with Gasteiger partial charge in [-0.25, -0.2) is 13.6 Å². The van der Waals surface area contributed by atoms with Crippen molar-refractivity contribution in [2.75, 3.05) is 7.11 Å². The molecule has 0 aliphatic carbocycles. The van der Waals surface area contributed by atoms with Crippen LogP contribution >= 0.6 is 0 Å². The molecule has 0 heterocycles. The predicted molar refractivity (Wildman–Crippen MR) is 48.4 cm³/mol. The van der Waals surface area contributed by atoms with E-state index in [0.29, 0.717) is 0 Å². The fourth-order valence-electron chi connectivity index (χ4n) is 1.25. The Morgan fingerprint density at radius 2 is 1.87 bits per heavy atom. The minimum Gasteiger partial charge on any atom is -0.479 e. The lowest BCUT2D eigenvalue weighted by molar-refractivity contribution is -0.162. The van der Waals surface area contributed by atoms with E-state index in [-0.39, 0.29) is 0 Å². The molecule has 0 aliphatic heterocycles. The molecule has 1 N–H and O–H groups in total. The second-order valence-corrected chi connectivity index (χ2v) is 3.14. The van der Waals surface area contributed by atoms with E-state index in [4.69, 9.17) is 5.11 Å². The van der Waals surface area contributed by atoms with Crippen LogP contribution < -0.4 is 0 Å². The number of aliphatic carboxylic acids is 1. The predicted octanol–water partition coefficient (Wildman–Crippen LogP) is 1.91. The van der Waals surface area contributed by atoms with Gasteiger partial charge >= 0.3 is 5.97 Å². The number of halogens is 2. The van der Waals surface area contributed by atoms with Crippen LogP contribution in [0.3, 0.4) is 0 Å². The average molecular weight is 216 g/mol. The van der Waals surface area contributed by atoms with Gasteiger partial charge in [0.2, 0.25) is 0 Å². The maximum atomic E-state index is 13.3. The molecule has 0 fully saturated rings. The Morgan fingerprint density at radius 1 is 1.40 bits per heavy atom. The Labute approximate surface area is 85.3 Å². The molecule has 0 radical (unpaired) electrons. The Bertz CT molecular complexity index is 372. The van der Waals surface area contributed by atoms with E-state index in [1.54, 1.807) is 0 Å². The number of carboxylic acid groups (broad SMARTS) is 1. The second-order valence-electron chi connectivity index (χ2n) is 3.14. The molecule has 0 aliphatic rings. The lowest BCUT2D eigenvalue weighted by atomic mass is 9.95. The molecular formula is C10H10F2O3. The van der Waals surface area contributed by atoms with Crippen LogP contribution in [-0.4, -0.2) is 18.2 Å². The van der Waals surface area contributed by atoms with Crippen molar-refractivity contribution in [3.05, 3.63) is 35.4 Å². The minimum absolute atomic E-state index is 0.597. The van der Waals surface area contributed by atoms with Gasteiger partial charge in [0.05, 0.1) is 5.56 Å². The molecule has 1 aromatic carbocycles. The summed E-state index contributed by atoms with van der Waals surface area (Å²) in [6, 6.07) is 3.13. The molecule has 0 saturated heterocycles. The smallest absolute Gasteiger partial charge is 0.340 e. The Balaban J connectivity index is 3.42. The summed E-state index contributed by atoms with van der Waals surface area (Å²) in [6.45, 7) is 1.09. The highest BCUT2D eigenvalue weighted by Crippen LogP contribution is 2.29.